The van der Waals surface area contributed by atoms with Gasteiger partial charge < -0.3 is 4.90 Å². The van der Waals surface area contributed by atoms with Crippen LogP contribution in [0.2, 0.25) is 10.0 Å². The van der Waals surface area contributed by atoms with Crippen LogP contribution in [0.15, 0.2) is 47.4 Å². The van der Waals surface area contributed by atoms with Gasteiger partial charge in [0, 0.05) is 5.56 Å². The largest absolute Gasteiger partial charge is 0.327 e. The molecule has 8 heteroatoms. The van der Waals surface area contributed by atoms with Gasteiger partial charge in [0.15, 0.2) is 0 Å². The molecule has 2 aromatic rings. The van der Waals surface area contributed by atoms with Gasteiger partial charge in [-0.05, 0) is 31.2 Å². The Morgan fingerprint density at radius 2 is 1.58 bits per heavy atom. The van der Waals surface area contributed by atoms with Crippen LogP contribution in [0, 0.1) is 5.82 Å². The van der Waals surface area contributed by atoms with Gasteiger partial charge in [-0.25, -0.2) is 12.8 Å². The van der Waals surface area contributed by atoms with Crippen LogP contribution in [0.1, 0.15) is 18.5 Å². The molecule has 1 heterocycles. The molecule has 4 nitrogen and oxygen atoms in total. The summed E-state index contributed by atoms with van der Waals surface area (Å²) >= 11 is 12.2. The molecule has 0 radical (unpaired) electrons. The molecule has 0 amide bonds. The lowest BCUT2D eigenvalue weighted by atomic mass is 10.1. The topological polar surface area (TPSA) is 41.8 Å². The number of hydrogen-bond acceptors (Lipinski definition) is 2. The Balaban J connectivity index is 1.73. The minimum atomic E-state index is -3.74. The molecule has 0 spiro atoms. The lowest BCUT2D eigenvalue weighted by Gasteiger charge is -2.35. The molecule has 1 aliphatic heterocycles. The first-order chi connectivity index (χ1) is 12.3. The number of nitrogens with one attached hydrogen (secondary N) is 1. The first-order valence-electron chi connectivity index (χ1n) is 8.35. The zero-order valence-electron chi connectivity index (χ0n) is 14.3. The number of rotatable bonds is 4. The van der Waals surface area contributed by atoms with Crippen LogP contribution in [0.5, 0.6) is 0 Å². The normalized spacial score (nSPS) is 18.0. The quantitative estimate of drug-likeness (QED) is 0.830. The summed E-state index contributed by atoms with van der Waals surface area (Å²) in [7, 11) is -3.74. The average molecular weight is 418 g/mol. The van der Waals surface area contributed by atoms with E-state index in [4.69, 9.17) is 23.2 Å². The molecule has 0 aliphatic carbocycles. The van der Waals surface area contributed by atoms with Crippen molar-refractivity contribution in [1.82, 2.24) is 4.31 Å². The van der Waals surface area contributed by atoms with Gasteiger partial charge in [-0.3, -0.25) is 0 Å². The number of halogens is 3. The second kappa shape index (κ2) is 7.82. The fourth-order valence-corrected chi connectivity index (χ4v) is 5.82. The van der Waals surface area contributed by atoms with Crippen LogP contribution in [-0.2, 0) is 10.0 Å². The monoisotopic (exact) mass is 417 g/mol. The highest BCUT2D eigenvalue weighted by molar-refractivity contribution is 7.89. The van der Waals surface area contributed by atoms with Crippen LogP contribution >= 0.6 is 23.2 Å². The molecule has 26 heavy (non-hydrogen) atoms. The number of piperazine rings is 1. The highest BCUT2D eigenvalue weighted by Crippen LogP contribution is 2.31. The smallest absolute Gasteiger partial charge is 0.246 e. The van der Waals surface area contributed by atoms with Gasteiger partial charge >= 0.3 is 0 Å². The van der Waals surface area contributed by atoms with E-state index < -0.39 is 10.0 Å². The van der Waals surface area contributed by atoms with Crippen molar-refractivity contribution in [3.8, 4) is 0 Å². The highest BCUT2D eigenvalue weighted by Gasteiger charge is 2.34. The van der Waals surface area contributed by atoms with Gasteiger partial charge in [0.2, 0.25) is 10.0 Å². The second-order valence-electron chi connectivity index (χ2n) is 6.39. The zero-order chi connectivity index (χ0) is 18.9. The summed E-state index contributed by atoms with van der Waals surface area (Å²) in [4.78, 5) is 1.23. The molecule has 2 aromatic carbocycles. The molecule has 0 unspecified atom stereocenters. The lowest BCUT2D eigenvalue weighted by Crippen LogP contribution is -3.14. The standard InChI is InChI=1S/C18H19Cl2FN2O2S/c1-13(14-5-7-15(21)8-6-14)22-9-11-23(12-10-22)26(24,25)18-16(19)3-2-4-17(18)20/h2-8,13H,9-12H2,1H3/p+1/t13-/m0/s1. The van der Waals surface area contributed by atoms with E-state index >= 15 is 0 Å². The van der Waals surface area contributed by atoms with E-state index in [1.165, 1.54) is 33.5 Å². The summed E-state index contributed by atoms with van der Waals surface area (Å²) in [6, 6.07) is 11.3. The predicted molar refractivity (Wildman–Crippen MR) is 101 cm³/mol. The number of sulfonamides is 1. The maximum absolute atomic E-state index is 13.1. The third-order valence-electron chi connectivity index (χ3n) is 4.86. The molecule has 0 bridgehead atoms. The van der Waals surface area contributed by atoms with Crippen LogP contribution in [0.3, 0.4) is 0 Å². The molecule has 1 saturated heterocycles. The van der Waals surface area contributed by atoms with Crippen LogP contribution < -0.4 is 4.90 Å². The Labute approximate surface area is 163 Å². The van der Waals surface area contributed by atoms with Crippen LogP contribution in [0.4, 0.5) is 4.39 Å². The van der Waals surface area contributed by atoms with Gasteiger partial charge in [0.25, 0.3) is 0 Å². The fraction of sp³-hybridized carbons (Fsp3) is 0.333. The van der Waals surface area contributed by atoms with E-state index in [9.17, 15) is 12.8 Å². The number of benzene rings is 2. The lowest BCUT2D eigenvalue weighted by molar-refractivity contribution is -0.933. The molecule has 1 atom stereocenters. The summed E-state index contributed by atoms with van der Waals surface area (Å²) in [6.45, 7) is 4.13. The van der Waals surface area contributed by atoms with Crippen molar-refractivity contribution in [2.75, 3.05) is 26.2 Å². The Hall–Kier alpha value is -1.18. The van der Waals surface area contributed by atoms with Crippen molar-refractivity contribution in [2.24, 2.45) is 0 Å². The summed E-state index contributed by atoms with van der Waals surface area (Å²) in [5.41, 5.74) is 1.03. The first-order valence-corrected chi connectivity index (χ1v) is 10.5. The minimum Gasteiger partial charge on any atom is -0.327 e. The maximum Gasteiger partial charge on any atom is 0.246 e. The first kappa shape index (κ1) is 19.6. The van der Waals surface area contributed by atoms with E-state index in [-0.39, 0.29) is 26.8 Å². The molecule has 1 fully saturated rings. The van der Waals surface area contributed by atoms with Gasteiger partial charge in [0.1, 0.15) is 16.8 Å². The average Bonchev–Trinajstić information content (AvgIpc) is 2.61. The maximum atomic E-state index is 13.1. The van der Waals surface area contributed by atoms with E-state index in [2.05, 4.69) is 6.92 Å². The summed E-state index contributed by atoms with van der Waals surface area (Å²) in [6.07, 6.45) is 0. The molecule has 140 valence electrons. The van der Waals surface area contributed by atoms with Crippen molar-refractivity contribution in [3.63, 3.8) is 0 Å². The Morgan fingerprint density at radius 1 is 1.04 bits per heavy atom. The zero-order valence-corrected chi connectivity index (χ0v) is 16.6. The minimum absolute atomic E-state index is 0.0293. The van der Waals surface area contributed by atoms with E-state index in [1.807, 2.05) is 0 Å². The number of quaternary nitrogens is 1. The molecule has 3 rings (SSSR count). The summed E-state index contributed by atoms with van der Waals surface area (Å²) in [5, 5.41) is 0.263. The fourth-order valence-electron chi connectivity index (χ4n) is 3.29. The number of hydrogen-bond donors (Lipinski definition) is 1. The van der Waals surface area contributed by atoms with Crippen molar-refractivity contribution < 1.29 is 17.7 Å². The van der Waals surface area contributed by atoms with Crippen molar-refractivity contribution in [3.05, 3.63) is 63.9 Å². The molecule has 0 saturated carbocycles. The molecule has 1 aliphatic rings. The van der Waals surface area contributed by atoms with Crippen molar-refractivity contribution >= 4 is 33.2 Å². The van der Waals surface area contributed by atoms with E-state index in [0.29, 0.717) is 26.2 Å². The Bertz CT molecular complexity index is 862. The Morgan fingerprint density at radius 3 is 2.12 bits per heavy atom. The van der Waals surface area contributed by atoms with Gasteiger partial charge in [-0.1, -0.05) is 41.4 Å². The van der Waals surface area contributed by atoms with E-state index in [1.54, 1.807) is 18.2 Å². The third kappa shape index (κ3) is 3.89. The predicted octanol–water partition coefficient (Wildman–Crippen LogP) is 2.78. The summed E-state index contributed by atoms with van der Waals surface area (Å²) < 4.78 is 40.4. The highest BCUT2D eigenvalue weighted by atomic mass is 35.5. The van der Waals surface area contributed by atoms with E-state index in [0.717, 1.165) is 5.56 Å². The molecular weight excluding hydrogens is 398 g/mol. The van der Waals surface area contributed by atoms with Crippen molar-refractivity contribution in [2.45, 2.75) is 17.9 Å². The second-order valence-corrected chi connectivity index (χ2v) is 9.08. The summed E-state index contributed by atoms with van der Waals surface area (Å²) in [5.74, 6) is -0.261. The molecule has 1 N–H and O–H groups in total. The SMILES string of the molecule is C[C@@H](c1ccc(F)cc1)[NH+]1CCN(S(=O)(=O)c2c(Cl)cccc2Cl)CC1. The van der Waals surface area contributed by atoms with Gasteiger partial charge in [-0.2, -0.15) is 4.31 Å². The van der Waals surface area contributed by atoms with Crippen LogP contribution in [0.25, 0.3) is 0 Å². The third-order valence-corrected chi connectivity index (χ3v) is 7.72. The molecular formula is C18H20Cl2FN2O2S+. The van der Waals surface area contributed by atoms with Crippen LogP contribution in [-0.4, -0.2) is 38.9 Å². The van der Waals surface area contributed by atoms with Gasteiger partial charge in [0.05, 0.1) is 36.2 Å². The Kier molecular flexibility index (Phi) is 5.89. The van der Waals surface area contributed by atoms with Gasteiger partial charge in [-0.15, -0.1) is 0 Å². The molecule has 0 aromatic heterocycles. The number of nitrogens with zero attached hydrogens (tertiary/aromatic N) is 1. The van der Waals surface area contributed by atoms with Crippen molar-refractivity contribution in [1.29, 1.82) is 0 Å².